The number of primary amides is 1. The highest BCUT2D eigenvalue weighted by atomic mass is 16.5. The van der Waals surface area contributed by atoms with Crippen molar-refractivity contribution in [1.29, 1.82) is 0 Å². The zero-order valence-corrected chi connectivity index (χ0v) is 24.8. The molecule has 3 aliphatic rings. The van der Waals surface area contributed by atoms with Crippen LogP contribution >= 0.6 is 0 Å². The summed E-state index contributed by atoms with van der Waals surface area (Å²) in [4.78, 5) is 34.2. The number of aromatic nitrogens is 3. The van der Waals surface area contributed by atoms with Gasteiger partial charge in [0, 0.05) is 56.6 Å². The number of aryl methyl sites for hydroxylation is 1. The van der Waals surface area contributed by atoms with Crippen molar-refractivity contribution in [3.63, 3.8) is 0 Å². The molecule has 0 bridgehead atoms. The molecular weight excluding hydrogens is 528 g/mol. The lowest BCUT2D eigenvalue weighted by molar-refractivity contribution is 0.0671. The molecule has 4 heterocycles. The van der Waals surface area contributed by atoms with Crippen molar-refractivity contribution in [1.82, 2.24) is 23.9 Å². The van der Waals surface area contributed by atoms with E-state index in [0.29, 0.717) is 36.2 Å². The van der Waals surface area contributed by atoms with Gasteiger partial charge in [0.25, 0.3) is 5.91 Å². The lowest BCUT2D eigenvalue weighted by Crippen LogP contribution is -2.50. The highest BCUT2D eigenvalue weighted by Gasteiger charge is 2.34. The van der Waals surface area contributed by atoms with Crippen LogP contribution in [0.3, 0.4) is 0 Å². The average molecular weight is 569 g/mol. The third kappa shape index (κ3) is 4.50. The molecule has 9 nitrogen and oxygen atoms in total. The molecule has 2 saturated heterocycles. The van der Waals surface area contributed by atoms with Gasteiger partial charge in [0.2, 0.25) is 0 Å². The normalized spacial score (nSPS) is 19.5. The van der Waals surface area contributed by atoms with Gasteiger partial charge in [0.05, 0.1) is 23.8 Å². The number of urea groups is 1. The van der Waals surface area contributed by atoms with Crippen LogP contribution in [0.25, 0.3) is 33.5 Å². The number of imidazole rings is 1. The molecule has 42 heavy (non-hydrogen) atoms. The summed E-state index contributed by atoms with van der Waals surface area (Å²) in [6, 6.07) is 12.2. The summed E-state index contributed by atoms with van der Waals surface area (Å²) >= 11 is 0. The van der Waals surface area contributed by atoms with Crippen molar-refractivity contribution >= 4 is 33.9 Å². The number of benzene rings is 2. The Kier molecular flexibility index (Phi) is 6.63. The van der Waals surface area contributed by atoms with E-state index in [2.05, 4.69) is 40.3 Å². The Bertz CT molecular complexity index is 1690. The Labute approximate surface area is 246 Å². The minimum Gasteiger partial charge on any atom is -0.494 e. The molecule has 0 unspecified atom stereocenters. The van der Waals surface area contributed by atoms with Crippen LogP contribution in [0.1, 0.15) is 60.9 Å². The van der Waals surface area contributed by atoms with Crippen LogP contribution in [-0.4, -0.2) is 69.1 Å². The number of amides is 3. The minimum absolute atomic E-state index is 0.0542. The van der Waals surface area contributed by atoms with Crippen molar-refractivity contribution in [2.75, 3.05) is 33.3 Å². The lowest BCUT2D eigenvalue weighted by Gasteiger charge is -2.38. The summed E-state index contributed by atoms with van der Waals surface area (Å²) in [5, 5.41) is 1.17. The molecule has 4 aromatic rings. The van der Waals surface area contributed by atoms with Gasteiger partial charge < -0.3 is 29.4 Å². The van der Waals surface area contributed by atoms with E-state index in [0.717, 1.165) is 55.0 Å². The monoisotopic (exact) mass is 568 g/mol. The van der Waals surface area contributed by atoms with Gasteiger partial charge in [-0.2, -0.15) is 0 Å². The Morgan fingerprint density at radius 2 is 1.83 bits per heavy atom. The van der Waals surface area contributed by atoms with Crippen molar-refractivity contribution in [3.05, 3.63) is 47.5 Å². The Morgan fingerprint density at radius 3 is 2.55 bits per heavy atom. The fraction of sp³-hybridized carbons (Fsp3) is 0.485. The van der Waals surface area contributed by atoms with Crippen molar-refractivity contribution in [3.8, 4) is 17.3 Å². The summed E-state index contributed by atoms with van der Waals surface area (Å²) in [6.45, 7) is 6.04. The van der Waals surface area contributed by atoms with Crippen molar-refractivity contribution in [2.24, 2.45) is 24.6 Å². The second-order valence-corrected chi connectivity index (χ2v) is 12.5. The van der Waals surface area contributed by atoms with Gasteiger partial charge in [-0.3, -0.25) is 4.79 Å². The summed E-state index contributed by atoms with van der Waals surface area (Å²) in [6.07, 6.45) is 5.80. The number of hydrogen-bond donors (Lipinski definition) is 1. The maximum atomic E-state index is 13.6. The quantitative estimate of drug-likeness (QED) is 0.325. The fourth-order valence-corrected chi connectivity index (χ4v) is 7.06. The van der Waals surface area contributed by atoms with E-state index in [1.54, 1.807) is 12.0 Å². The first kappa shape index (κ1) is 26.9. The predicted octanol–water partition coefficient (Wildman–Crippen LogP) is 5.35. The smallest absolute Gasteiger partial charge is 0.314 e. The van der Waals surface area contributed by atoms with Crippen LogP contribution in [0.5, 0.6) is 5.75 Å². The highest BCUT2D eigenvalue weighted by molar-refractivity contribution is 6.00. The molecule has 0 radical (unpaired) electrons. The second-order valence-electron chi connectivity index (χ2n) is 12.5. The van der Waals surface area contributed by atoms with Gasteiger partial charge in [0.1, 0.15) is 11.3 Å². The van der Waals surface area contributed by atoms with E-state index in [1.165, 1.54) is 35.7 Å². The van der Waals surface area contributed by atoms with Crippen LogP contribution in [0, 0.1) is 11.8 Å². The Morgan fingerprint density at radius 1 is 1.02 bits per heavy atom. The van der Waals surface area contributed by atoms with Gasteiger partial charge >= 0.3 is 6.03 Å². The van der Waals surface area contributed by atoms with E-state index < -0.39 is 0 Å². The molecule has 1 aliphatic carbocycles. The molecule has 2 aromatic carbocycles. The molecule has 3 fully saturated rings. The average Bonchev–Trinajstić information content (AvgIpc) is 3.63. The number of methoxy groups -OCH3 is 1. The Hall–Kier alpha value is -4.01. The lowest BCUT2D eigenvalue weighted by atomic mass is 9.90. The first-order valence-corrected chi connectivity index (χ1v) is 15.4. The fourth-order valence-electron chi connectivity index (χ4n) is 7.06. The highest BCUT2D eigenvalue weighted by Crippen LogP contribution is 2.41. The number of rotatable bonds is 7. The summed E-state index contributed by atoms with van der Waals surface area (Å²) in [5.41, 5.74) is 11.3. The number of para-hydroxylation sites is 1. The topological polar surface area (TPSA) is 98.6 Å². The van der Waals surface area contributed by atoms with Gasteiger partial charge in [-0.25, -0.2) is 9.78 Å². The third-order valence-electron chi connectivity index (χ3n) is 9.74. The number of hydrogen-bond acceptors (Lipinski definition) is 4. The number of carbonyl (C=O) groups is 2. The second kappa shape index (κ2) is 10.4. The van der Waals surface area contributed by atoms with Crippen molar-refractivity contribution in [2.45, 2.75) is 51.5 Å². The van der Waals surface area contributed by atoms with Gasteiger partial charge in [-0.1, -0.05) is 31.5 Å². The summed E-state index contributed by atoms with van der Waals surface area (Å²) in [7, 11) is 3.69. The van der Waals surface area contributed by atoms with Crippen LogP contribution < -0.4 is 10.5 Å². The maximum absolute atomic E-state index is 13.6. The van der Waals surface area contributed by atoms with Crippen LogP contribution in [0.15, 0.2) is 36.4 Å². The SMILES string of the molecule is CC[C@@H]1CCCN(C(=O)c2cc(OC)c3c(c2)nc(-c2cc4cccc(C5CN(C(N)=O)C5)c4n2CC2CC2)n3C)C1. The van der Waals surface area contributed by atoms with Gasteiger partial charge in [-0.05, 0) is 61.3 Å². The molecular formula is C33H40N6O3. The maximum Gasteiger partial charge on any atom is 0.314 e. The molecule has 7 rings (SSSR count). The van der Waals surface area contributed by atoms with E-state index in [4.69, 9.17) is 15.5 Å². The molecule has 2 N–H and O–H groups in total. The van der Waals surface area contributed by atoms with Crippen LogP contribution in [-0.2, 0) is 13.6 Å². The molecule has 1 saturated carbocycles. The van der Waals surface area contributed by atoms with E-state index in [1.807, 2.05) is 24.1 Å². The standard InChI is InChI=1S/C33H40N6O3/c1-4-20-7-6-12-37(16-20)32(40)23-13-26-30(28(15-23)42-3)36(2)31(35-26)27-14-22-8-5-9-25(24-18-38(19-24)33(34)41)29(22)39(27)17-21-10-11-21/h5,8-9,13-15,20-21,24H,4,6-7,10-12,16-19H2,1-3H3,(H2,34,41)/t20-/m1/s1. The zero-order valence-electron chi connectivity index (χ0n) is 24.8. The molecule has 2 aliphatic heterocycles. The Balaban J connectivity index is 1.32. The summed E-state index contributed by atoms with van der Waals surface area (Å²) < 4.78 is 10.4. The first-order chi connectivity index (χ1) is 20.4. The van der Waals surface area contributed by atoms with Crippen molar-refractivity contribution < 1.29 is 14.3 Å². The van der Waals surface area contributed by atoms with Gasteiger partial charge in [-0.15, -0.1) is 0 Å². The molecule has 0 spiro atoms. The van der Waals surface area contributed by atoms with Crippen LogP contribution in [0.4, 0.5) is 4.79 Å². The molecule has 9 heteroatoms. The molecule has 3 amide bonds. The number of carbonyl (C=O) groups excluding carboxylic acids is 2. The van der Waals surface area contributed by atoms with E-state index in [9.17, 15) is 9.59 Å². The predicted molar refractivity (Wildman–Crippen MR) is 164 cm³/mol. The molecule has 1 atom stereocenters. The summed E-state index contributed by atoms with van der Waals surface area (Å²) in [5.74, 6) is 3.05. The molecule has 220 valence electrons. The van der Waals surface area contributed by atoms with E-state index >= 15 is 0 Å². The largest absolute Gasteiger partial charge is 0.494 e. The first-order valence-electron chi connectivity index (χ1n) is 15.4. The minimum atomic E-state index is -0.357. The number of fused-ring (bicyclic) bond motifs is 2. The number of ether oxygens (including phenoxy) is 1. The van der Waals surface area contributed by atoms with Crippen LogP contribution in [0.2, 0.25) is 0 Å². The van der Waals surface area contributed by atoms with E-state index in [-0.39, 0.29) is 17.9 Å². The zero-order chi connectivity index (χ0) is 29.1. The number of likely N-dealkylation sites (tertiary alicyclic amines) is 2. The number of piperidine rings is 1. The third-order valence-corrected chi connectivity index (χ3v) is 9.74. The molecule has 2 aromatic heterocycles. The number of nitrogens with two attached hydrogens (primary N) is 1. The number of nitrogens with zero attached hydrogens (tertiary/aromatic N) is 5. The van der Waals surface area contributed by atoms with Gasteiger partial charge in [0.15, 0.2) is 5.82 Å².